The summed E-state index contributed by atoms with van der Waals surface area (Å²) in [7, 11) is 0. The van der Waals surface area contributed by atoms with Crippen LogP contribution in [-0.4, -0.2) is 13.0 Å². The minimum Gasteiger partial charge on any atom is -0.298 e. The van der Waals surface area contributed by atoms with E-state index in [9.17, 15) is 4.79 Å². The normalized spacial score (nSPS) is 13.0. The molecule has 0 unspecified atom stereocenters. The van der Waals surface area contributed by atoms with Crippen molar-refractivity contribution in [2.75, 3.05) is 0 Å². The molecule has 2 nitrogen and oxygen atoms in total. The third-order valence-electron chi connectivity index (χ3n) is 0.884. The first-order valence-corrected chi connectivity index (χ1v) is 3.04. The molecule has 0 radical (unpaired) electrons. The summed E-state index contributed by atoms with van der Waals surface area (Å²) in [5.41, 5.74) is 0.425. The van der Waals surface area contributed by atoms with Gasteiger partial charge in [0, 0.05) is 16.8 Å². The van der Waals surface area contributed by atoms with Crippen LogP contribution in [0.25, 0.3) is 0 Å². The quantitative estimate of drug-likeness (QED) is 0.266. The van der Waals surface area contributed by atoms with Gasteiger partial charge in [0.25, 0.3) is 0 Å². The summed E-state index contributed by atoms with van der Waals surface area (Å²) < 4.78 is 0. The number of halogens is 1. The lowest BCUT2D eigenvalue weighted by Crippen LogP contribution is -1.79. The summed E-state index contributed by atoms with van der Waals surface area (Å²) in [6.45, 7) is 4.85. The highest BCUT2D eigenvalue weighted by molar-refractivity contribution is 6.31. The lowest BCUT2D eigenvalue weighted by Gasteiger charge is -1.88. The molecule has 0 aliphatic rings. The van der Waals surface area contributed by atoms with Gasteiger partial charge in [0.15, 0.2) is 6.29 Å². The highest BCUT2D eigenvalue weighted by Crippen LogP contribution is 2.06. The fourth-order valence-electron chi connectivity index (χ4n) is 0.368. The number of carbonyl (C=O) groups excluding carboxylic acids is 1. The van der Waals surface area contributed by atoms with E-state index in [0.29, 0.717) is 16.9 Å². The van der Waals surface area contributed by atoms with Gasteiger partial charge in [0.05, 0.1) is 0 Å². The molecular formula is C7H8ClNO. The number of nitrogens with zero attached hydrogens (tertiary/aromatic N) is 1. The van der Waals surface area contributed by atoms with E-state index in [2.05, 4.69) is 11.7 Å². The van der Waals surface area contributed by atoms with Crippen molar-refractivity contribution < 1.29 is 4.79 Å². The number of hydrogen-bond acceptors (Lipinski definition) is 2. The molecule has 0 aromatic heterocycles. The number of hydrogen-bond donors (Lipinski definition) is 0. The number of allylic oxidation sites excluding steroid dienone is 3. The second-order valence-corrected chi connectivity index (χ2v) is 2.17. The van der Waals surface area contributed by atoms with Gasteiger partial charge in [-0.2, -0.15) is 0 Å². The molecule has 0 aliphatic heterocycles. The number of rotatable bonds is 3. The highest BCUT2D eigenvalue weighted by atomic mass is 35.5. The second-order valence-electron chi connectivity index (χ2n) is 1.60. The van der Waals surface area contributed by atoms with Crippen molar-refractivity contribution in [2.24, 2.45) is 4.99 Å². The molecule has 0 fully saturated rings. The van der Waals surface area contributed by atoms with Crippen LogP contribution >= 0.6 is 11.6 Å². The summed E-state index contributed by atoms with van der Waals surface area (Å²) in [4.78, 5) is 13.6. The van der Waals surface area contributed by atoms with Crippen LogP contribution in [0.4, 0.5) is 0 Å². The zero-order chi connectivity index (χ0) is 7.98. The molecule has 0 aliphatic carbocycles. The van der Waals surface area contributed by atoms with Gasteiger partial charge in [0.1, 0.15) is 0 Å². The SMILES string of the molecule is C=N/C=C\C(C=O)=C(/C)Cl. The van der Waals surface area contributed by atoms with E-state index >= 15 is 0 Å². The fourth-order valence-corrected chi connectivity index (χ4v) is 0.476. The summed E-state index contributed by atoms with van der Waals surface area (Å²) >= 11 is 5.51. The molecule has 0 saturated carbocycles. The molecule has 3 heteroatoms. The maximum Gasteiger partial charge on any atom is 0.151 e. The lowest BCUT2D eigenvalue weighted by molar-refractivity contribution is -0.104. The van der Waals surface area contributed by atoms with Gasteiger partial charge in [-0.3, -0.25) is 9.79 Å². The molecule has 0 heterocycles. The van der Waals surface area contributed by atoms with Gasteiger partial charge in [-0.25, -0.2) is 0 Å². The monoisotopic (exact) mass is 157 g/mol. The van der Waals surface area contributed by atoms with Gasteiger partial charge >= 0.3 is 0 Å². The Labute approximate surface area is 64.9 Å². The first-order valence-electron chi connectivity index (χ1n) is 2.66. The Morgan fingerprint density at radius 3 is 2.60 bits per heavy atom. The van der Waals surface area contributed by atoms with Gasteiger partial charge in [-0.15, -0.1) is 0 Å². The van der Waals surface area contributed by atoms with Crippen molar-refractivity contribution in [3.05, 3.63) is 22.9 Å². The van der Waals surface area contributed by atoms with Gasteiger partial charge < -0.3 is 0 Å². The average Bonchev–Trinajstić information content (AvgIpc) is 1.89. The number of carbonyl (C=O) groups is 1. The average molecular weight is 158 g/mol. The summed E-state index contributed by atoms with van der Waals surface area (Å²) in [6, 6.07) is 0. The fraction of sp³-hybridized carbons (Fsp3) is 0.143. The predicted molar refractivity (Wildman–Crippen MR) is 43.3 cm³/mol. The molecule has 0 spiro atoms. The Balaban J connectivity index is 4.38. The van der Waals surface area contributed by atoms with E-state index in [0.717, 1.165) is 0 Å². The van der Waals surface area contributed by atoms with Crippen LogP contribution in [0.3, 0.4) is 0 Å². The Morgan fingerprint density at radius 1 is 1.70 bits per heavy atom. The van der Waals surface area contributed by atoms with E-state index in [1.165, 1.54) is 12.3 Å². The van der Waals surface area contributed by atoms with Crippen LogP contribution in [0.2, 0.25) is 0 Å². The predicted octanol–water partition coefficient (Wildman–Crippen LogP) is 1.91. The van der Waals surface area contributed by atoms with Crippen LogP contribution < -0.4 is 0 Å². The smallest absolute Gasteiger partial charge is 0.151 e. The van der Waals surface area contributed by atoms with Gasteiger partial charge in [0.2, 0.25) is 0 Å². The highest BCUT2D eigenvalue weighted by Gasteiger charge is 1.91. The maximum absolute atomic E-state index is 10.2. The molecule has 0 saturated heterocycles. The summed E-state index contributed by atoms with van der Waals surface area (Å²) in [5, 5.41) is 0.454. The van der Waals surface area contributed by atoms with Crippen molar-refractivity contribution >= 4 is 24.6 Å². The molecule has 10 heavy (non-hydrogen) atoms. The van der Waals surface area contributed by atoms with E-state index < -0.39 is 0 Å². The minimum absolute atomic E-state index is 0.425. The first-order chi connectivity index (χ1) is 4.72. The Kier molecular flexibility index (Phi) is 4.50. The van der Waals surface area contributed by atoms with E-state index in [1.54, 1.807) is 6.92 Å². The van der Waals surface area contributed by atoms with Crippen molar-refractivity contribution in [1.82, 2.24) is 0 Å². The van der Waals surface area contributed by atoms with Crippen molar-refractivity contribution in [3.8, 4) is 0 Å². The molecule has 0 rings (SSSR count). The third-order valence-corrected chi connectivity index (χ3v) is 1.10. The first kappa shape index (κ1) is 9.11. The van der Waals surface area contributed by atoms with Crippen molar-refractivity contribution in [2.45, 2.75) is 6.92 Å². The van der Waals surface area contributed by atoms with Crippen molar-refractivity contribution in [3.63, 3.8) is 0 Å². The van der Waals surface area contributed by atoms with Crippen LogP contribution in [0, 0.1) is 0 Å². The Hall–Kier alpha value is -0.890. The van der Waals surface area contributed by atoms with Crippen LogP contribution in [0.1, 0.15) is 6.92 Å². The van der Waals surface area contributed by atoms with Crippen molar-refractivity contribution in [1.29, 1.82) is 0 Å². The molecule has 0 atom stereocenters. The molecule has 54 valence electrons. The Morgan fingerprint density at radius 2 is 2.30 bits per heavy atom. The lowest BCUT2D eigenvalue weighted by atomic mass is 10.3. The summed E-state index contributed by atoms with van der Waals surface area (Å²) in [5.74, 6) is 0. The number of aliphatic imine (C=N–C) groups is 1. The molecule has 0 aromatic carbocycles. The zero-order valence-corrected chi connectivity index (χ0v) is 6.43. The van der Waals surface area contributed by atoms with Gasteiger partial charge in [-0.1, -0.05) is 11.6 Å². The largest absolute Gasteiger partial charge is 0.298 e. The maximum atomic E-state index is 10.2. The second kappa shape index (κ2) is 4.94. The van der Waals surface area contributed by atoms with Gasteiger partial charge in [-0.05, 0) is 19.7 Å². The minimum atomic E-state index is 0.425. The zero-order valence-electron chi connectivity index (χ0n) is 5.67. The topological polar surface area (TPSA) is 29.4 Å². The summed E-state index contributed by atoms with van der Waals surface area (Å²) in [6.07, 6.45) is 3.59. The van der Waals surface area contributed by atoms with Crippen LogP contribution in [0.5, 0.6) is 0 Å². The molecule has 0 amide bonds. The van der Waals surface area contributed by atoms with Crippen LogP contribution in [-0.2, 0) is 4.79 Å². The Bertz CT molecular complexity index is 190. The molecular weight excluding hydrogens is 150 g/mol. The third kappa shape index (κ3) is 3.20. The molecule has 0 aromatic rings. The van der Waals surface area contributed by atoms with E-state index in [1.807, 2.05) is 0 Å². The van der Waals surface area contributed by atoms with E-state index in [4.69, 9.17) is 11.6 Å². The standard InChI is InChI=1S/C7H8ClNO/c1-6(8)7(5-10)3-4-9-2/h3-5H,2H2,1H3/b4-3-,7-6-. The molecule has 0 N–H and O–H groups in total. The molecule has 0 bridgehead atoms. The number of aldehydes is 1. The van der Waals surface area contributed by atoms with Crippen LogP contribution in [0.15, 0.2) is 27.9 Å². The van der Waals surface area contributed by atoms with E-state index in [-0.39, 0.29) is 0 Å².